The standard InChI is InChI=1S/C23H17ClFNO3/c1-13-21-14(9-17-15-5-2-3-6-16(15)23(27)29-22(13)17)10-26(12-28-21)11-18-19(24)7-4-8-20(18)25/h2-9H,10-12H2,1H3. The molecule has 0 atom stereocenters. The summed E-state index contributed by atoms with van der Waals surface area (Å²) in [6.45, 7) is 3.10. The monoisotopic (exact) mass is 409 g/mol. The first kappa shape index (κ1) is 18.2. The van der Waals surface area contributed by atoms with Gasteiger partial charge in [0.2, 0.25) is 0 Å². The lowest BCUT2D eigenvalue weighted by atomic mass is 10.00. The van der Waals surface area contributed by atoms with Crippen LogP contribution < -0.4 is 10.4 Å². The van der Waals surface area contributed by atoms with E-state index in [9.17, 15) is 9.18 Å². The third-order valence-corrected chi connectivity index (χ3v) is 5.75. The molecule has 4 nitrogen and oxygen atoms in total. The smallest absolute Gasteiger partial charge is 0.344 e. The minimum absolute atomic E-state index is 0.293. The van der Waals surface area contributed by atoms with E-state index in [0.717, 1.165) is 21.9 Å². The first-order chi connectivity index (χ1) is 14.0. The van der Waals surface area contributed by atoms with E-state index in [4.69, 9.17) is 20.8 Å². The maximum absolute atomic E-state index is 14.2. The molecule has 0 amide bonds. The van der Waals surface area contributed by atoms with Crippen LogP contribution in [0.25, 0.3) is 21.7 Å². The molecule has 0 aliphatic carbocycles. The average molecular weight is 410 g/mol. The van der Waals surface area contributed by atoms with Gasteiger partial charge in [-0.2, -0.15) is 0 Å². The quantitative estimate of drug-likeness (QED) is 0.328. The zero-order valence-electron chi connectivity index (χ0n) is 15.7. The molecule has 3 aromatic carbocycles. The molecular formula is C23H17ClFNO3. The molecule has 2 heterocycles. The van der Waals surface area contributed by atoms with Gasteiger partial charge in [0.1, 0.15) is 23.9 Å². The van der Waals surface area contributed by atoms with Crippen molar-refractivity contribution in [2.24, 2.45) is 0 Å². The van der Waals surface area contributed by atoms with Crippen molar-refractivity contribution in [3.63, 3.8) is 0 Å². The molecule has 29 heavy (non-hydrogen) atoms. The molecule has 0 saturated heterocycles. The highest BCUT2D eigenvalue weighted by molar-refractivity contribution is 6.31. The highest BCUT2D eigenvalue weighted by Crippen LogP contribution is 2.37. The van der Waals surface area contributed by atoms with E-state index in [1.165, 1.54) is 6.07 Å². The van der Waals surface area contributed by atoms with Crippen LogP contribution >= 0.6 is 11.6 Å². The van der Waals surface area contributed by atoms with Crippen molar-refractivity contribution in [1.82, 2.24) is 4.90 Å². The number of fused-ring (bicyclic) bond motifs is 4. The second-order valence-corrected chi connectivity index (χ2v) is 7.67. The number of aryl methyl sites for hydroxylation is 1. The van der Waals surface area contributed by atoms with Crippen LogP contribution in [0.2, 0.25) is 5.02 Å². The molecule has 0 spiro atoms. The zero-order chi connectivity index (χ0) is 20.1. The summed E-state index contributed by atoms with van der Waals surface area (Å²) in [4.78, 5) is 14.4. The van der Waals surface area contributed by atoms with Crippen LogP contribution in [0.3, 0.4) is 0 Å². The van der Waals surface area contributed by atoms with Crippen LogP contribution in [0, 0.1) is 12.7 Å². The lowest BCUT2D eigenvalue weighted by molar-refractivity contribution is 0.0871. The number of hydrogen-bond donors (Lipinski definition) is 0. The molecule has 0 fully saturated rings. The molecule has 4 aromatic rings. The SMILES string of the molecule is Cc1c2c(cc3c1oc(=O)c1ccccc13)CN(Cc1c(F)cccc1Cl)CO2. The largest absolute Gasteiger partial charge is 0.477 e. The van der Waals surface area contributed by atoms with Gasteiger partial charge < -0.3 is 9.15 Å². The highest BCUT2D eigenvalue weighted by atomic mass is 35.5. The first-order valence-electron chi connectivity index (χ1n) is 9.29. The number of nitrogens with zero attached hydrogens (tertiary/aromatic N) is 1. The Bertz CT molecular complexity index is 1310. The lowest BCUT2D eigenvalue weighted by Gasteiger charge is -2.30. The fraction of sp³-hybridized carbons (Fsp3) is 0.174. The minimum atomic E-state index is -0.359. The van der Waals surface area contributed by atoms with Crippen molar-refractivity contribution in [2.45, 2.75) is 20.0 Å². The topological polar surface area (TPSA) is 42.7 Å². The molecule has 0 unspecified atom stereocenters. The Labute approximate surface area is 171 Å². The van der Waals surface area contributed by atoms with Crippen LogP contribution in [-0.2, 0) is 13.1 Å². The second-order valence-electron chi connectivity index (χ2n) is 7.26. The van der Waals surface area contributed by atoms with E-state index in [2.05, 4.69) is 0 Å². The Hall–Kier alpha value is -2.89. The fourth-order valence-electron chi connectivity index (χ4n) is 4.00. The summed E-state index contributed by atoms with van der Waals surface area (Å²) in [5.74, 6) is 0.387. The molecular weight excluding hydrogens is 393 g/mol. The normalized spacial score (nSPS) is 14.2. The molecule has 1 aromatic heterocycles. The molecule has 6 heteroatoms. The number of rotatable bonds is 2. The Morgan fingerprint density at radius 1 is 1.10 bits per heavy atom. The first-order valence-corrected chi connectivity index (χ1v) is 9.67. The van der Waals surface area contributed by atoms with Gasteiger partial charge in [-0.15, -0.1) is 0 Å². The van der Waals surface area contributed by atoms with E-state index in [-0.39, 0.29) is 11.4 Å². The van der Waals surface area contributed by atoms with Crippen LogP contribution in [0.4, 0.5) is 4.39 Å². The van der Waals surface area contributed by atoms with E-state index in [0.29, 0.717) is 47.1 Å². The molecule has 146 valence electrons. The Balaban J connectivity index is 1.60. The van der Waals surface area contributed by atoms with E-state index < -0.39 is 0 Å². The molecule has 5 rings (SSSR count). The average Bonchev–Trinajstić information content (AvgIpc) is 2.72. The van der Waals surface area contributed by atoms with E-state index in [1.54, 1.807) is 18.2 Å². The summed E-state index contributed by atoms with van der Waals surface area (Å²) >= 11 is 6.18. The van der Waals surface area contributed by atoms with E-state index in [1.807, 2.05) is 36.1 Å². The van der Waals surface area contributed by atoms with Gasteiger partial charge in [0.15, 0.2) is 0 Å². The van der Waals surface area contributed by atoms with Gasteiger partial charge in [-0.05, 0) is 36.6 Å². The van der Waals surface area contributed by atoms with Gasteiger partial charge in [-0.25, -0.2) is 9.18 Å². The summed E-state index contributed by atoms with van der Waals surface area (Å²) in [6.07, 6.45) is 0. The van der Waals surface area contributed by atoms with Crippen molar-refractivity contribution in [2.75, 3.05) is 6.73 Å². The van der Waals surface area contributed by atoms with E-state index >= 15 is 0 Å². The van der Waals surface area contributed by atoms with Gasteiger partial charge in [0, 0.05) is 40.2 Å². The van der Waals surface area contributed by atoms with Crippen LogP contribution in [0.1, 0.15) is 16.7 Å². The third kappa shape index (κ3) is 2.98. The fourth-order valence-corrected chi connectivity index (χ4v) is 4.22. The predicted octanol–water partition coefficient (Wildman–Crippen LogP) is 5.40. The summed E-state index contributed by atoms with van der Waals surface area (Å²) in [6, 6.07) is 14.1. The molecule has 0 saturated carbocycles. The highest BCUT2D eigenvalue weighted by Gasteiger charge is 2.24. The van der Waals surface area contributed by atoms with Crippen molar-refractivity contribution in [3.8, 4) is 5.75 Å². The van der Waals surface area contributed by atoms with Crippen molar-refractivity contribution < 1.29 is 13.5 Å². The molecule has 0 radical (unpaired) electrons. The molecule has 1 aliphatic rings. The lowest BCUT2D eigenvalue weighted by Crippen LogP contribution is -2.32. The van der Waals surface area contributed by atoms with Crippen LogP contribution in [0.5, 0.6) is 5.75 Å². The van der Waals surface area contributed by atoms with Gasteiger partial charge in [0.05, 0.1) is 5.39 Å². The minimum Gasteiger partial charge on any atom is -0.477 e. The summed E-state index contributed by atoms with van der Waals surface area (Å²) in [5, 5.41) is 2.66. The summed E-state index contributed by atoms with van der Waals surface area (Å²) in [7, 11) is 0. The molecule has 0 N–H and O–H groups in total. The van der Waals surface area contributed by atoms with Crippen LogP contribution in [0.15, 0.2) is 57.7 Å². The Morgan fingerprint density at radius 2 is 1.90 bits per heavy atom. The maximum atomic E-state index is 14.2. The third-order valence-electron chi connectivity index (χ3n) is 5.40. The molecule has 1 aliphatic heterocycles. The van der Waals surface area contributed by atoms with Gasteiger partial charge in [0.25, 0.3) is 0 Å². The number of ether oxygens (including phenoxy) is 1. The second kappa shape index (κ2) is 6.87. The Kier molecular flexibility index (Phi) is 4.30. The summed E-state index contributed by atoms with van der Waals surface area (Å²) in [5.41, 5.74) is 2.40. The van der Waals surface area contributed by atoms with Crippen molar-refractivity contribution in [3.05, 3.63) is 86.5 Å². The number of hydrogen-bond acceptors (Lipinski definition) is 4. The van der Waals surface area contributed by atoms with Gasteiger partial charge in [-0.1, -0.05) is 35.9 Å². The predicted molar refractivity (Wildman–Crippen MR) is 111 cm³/mol. The number of benzene rings is 3. The van der Waals surface area contributed by atoms with Gasteiger partial charge >= 0.3 is 5.63 Å². The number of halogens is 2. The van der Waals surface area contributed by atoms with Crippen LogP contribution in [-0.4, -0.2) is 11.6 Å². The molecule has 0 bridgehead atoms. The van der Waals surface area contributed by atoms with Crippen molar-refractivity contribution in [1.29, 1.82) is 0 Å². The van der Waals surface area contributed by atoms with Crippen molar-refractivity contribution >= 4 is 33.3 Å². The summed E-state index contributed by atoms with van der Waals surface area (Å²) < 4.78 is 25.8. The zero-order valence-corrected chi connectivity index (χ0v) is 16.4. The maximum Gasteiger partial charge on any atom is 0.344 e. The van der Waals surface area contributed by atoms with Gasteiger partial charge in [-0.3, -0.25) is 4.90 Å². The Morgan fingerprint density at radius 3 is 2.69 bits per heavy atom.